The van der Waals surface area contributed by atoms with Gasteiger partial charge in [0.15, 0.2) is 0 Å². The topological polar surface area (TPSA) is 72.1 Å². The number of ether oxygens (including phenoxy) is 2. The van der Waals surface area contributed by atoms with Gasteiger partial charge in [-0.2, -0.15) is 0 Å². The molecule has 2 rings (SSSR count). The molecule has 0 saturated carbocycles. The van der Waals surface area contributed by atoms with Gasteiger partial charge in [-0.1, -0.05) is 0 Å². The number of hydrogen-bond acceptors (Lipinski definition) is 6. The number of carbonyl (C=O) groups is 1. The molecule has 1 aromatic carbocycles. The Balaban J connectivity index is 2.16. The fourth-order valence-electron chi connectivity index (χ4n) is 2.11. The number of amides is 1. The summed E-state index contributed by atoms with van der Waals surface area (Å²) in [7, 11) is 0. The molecule has 0 radical (unpaired) electrons. The Morgan fingerprint density at radius 2 is 2.05 bits per heavy atom. The molecule has 0 spiro atoms. The summed E-state index contributed by atoms with van der Waals surface area (Å²) in [6.07, 6.45) is 0. The Morgan fingerprint density at radius 3 is 2.73 bits per heavy atom. The molecule has 0 atom stereocenters. The second-order valence-electron chi connectivity index (χ2n) is 4.72. The van der Waals surface area contributed by atoms with Gasteiger partial charge in [0, 0.05) is 19.2 Å². The fraction of sp³-hybridized carbons (Fsp3) is 0.533. The molecule has 1 aliphatic heterocycles. The van der Waals surface area contributed by atoms with E-state index in [0.717, 1.165) is 13.1 Å². The molecule has 1 fully saturated rings. The zero-order valence-electron chi connectivity index (χ0n) is 13.1. The minimum absolute atomic E-state index is 0.291. The Bertz CT molecular complexity index is 490. The monoisotopic (exact) mass is 309 g/mol. The lowest BCUT2D eigenvalue weighted by molar-refractivity contribution is 0.0363. The SMILES string of the molecule is CCONC(=O)c1ccc(OCC)cc1NN1CCOCC1. The first-order valence-electron chi connectivity index (χ1n) is 7.53. The molecule has 7 heteroatoms. The van der Waals surface area contributed by atoms with Gasteiger partial charge in [-0.15, -0.1) is 0 Å². The van der Waals surface area contributed by atoms with Gasteiger partial charge in [-0.05, 0) is 26.0 Å². The van der Waals surface area contributed by atoms with Gasteiger partial charge in [-0.25, -0.2) is 10.5 Å². The number of anilines is 1. The van der Waals surface area contributed by atoms with E-state index in [0.29, 0.717) is 43.4 Å². The third kappa shape index (κ3) is 4.59. The van der Waals surface area contributed by atoms with Crippen LogP contribution in [0.3, 0.4) is 0 Å². The van der Waals surface area contributed by atoms with Crippen LogP contribution in [0.2, 0.25) is 0 Å². The lowest BCUT2D eigenvalue weighted by Crippen LogP contribution is -2.40. The van der Waals surface area contributed by atoms with Crippen molar-refractivity contribution in [2.45, 2.75) is 13.8 Å². The lowest BCUT2D eigenvalue weighted by atomic mass is 10.1. The predicted octanol–water partition coefficient (Wildman–Crippen LogP) is 1.43. The summed E-state index contributed by atoms with van der Waals surface area (Å²) in [5.41, 5.74) is 6.87. The molecule has 1 aromatic rings. The molecule has 1 heterocycles. The van der Waals surface area contributed by atoms with Crippen molar-refractivity contribution in [2.75, 3.05) is 44.9 Å². The van der Waals surface area contributed by atoms with Crippen LogP contribution in [-0.2, 0) is 9.57 Å². The summed E-state index contributed by atoms with van der Waals surface area (Å²) < 4.78 is 10.8. The van der Waals surface area contributed by atoms with Crippen LogP contribution in [0, 0.1) is 0 Å². The van der Waals surface area contributed by atoms with Crippen molar-refractivity contribution in [2.24, 2.45) is 0 Å². The number of hydroxylamine groups is 1. The van der Waals surface area contributed by atoms with Crippen molar-refractivity contribution in [3.05, 3.63) is 23.8 Å². The van der Waals surface area contributed by atoms with Crippen LogP contribution in [-0.4, -0.2) is 50.4 Å². The molecular formula is C15H23N3O4. The van der Waals surface area contributed by atoms with Crippen LogP contribution in [0.1, 0.15) is 24.2 Å². The van der Waals surface area contributed by atoms with E-state index in [1.165, 1.54) is 0 Å². The molecule has 22 heavy (non-hydrogen) atoms. The minimum Gasteiger partial charge on any atom is -0.494 e. The fourth-order valence-corrected chi connectivity index (χ4v) is 2.11. The maximum atomic E-state index is 12.2. The molecule has 0 aliphatic carbocycles. The molecule has 2 N–H and O–H groups in total. The van der Waals surface area contributed by atoms with Gasteiger partial charge in [-0.3, -0.25) is 9.63 Å². The molecule has 1 saturated heterocycles. The molecule has 0 unspecified atom stereocenters. The number of benzene rings is 1. The lowest BCUT2D eigenvalue weighted by Gasteiger charge is -2.29. The molecular weight excluding hydrogens is 286 g/mol. The van der Waals surface area contributed by atoms with Gasteiger partial charge < -0.3 is 14.9 Å². The average molecular weight is 309 g/mol. The third-order valence-electron chi connectivity index (χ3n) is 3.15. The number of morpholine rings is 1. The molecule has 7 nitrogen and oxygen atoms in total. The van der Waals surface area contributed by atoms with Gasteiger partial charge in [0.05, 0.1) is 37.7 Å². The molecule has 1 aliphatic rings. The predicted molar refractivity (Wildman–Crippen MR) is 82.7 cm³/mol. The molecule has 122 valence electrons. The van der Waals surface area contributed by atoms with Gasteiger partial charge in [0.2, 0.25) is 0 Å². The van der Waals surface area contributed by atoms with Crippen LogP contribution < -0.4 is 15.6 Å². The van der Waals surface area contributed by atoms with Crippen LogP contribution >= 0.6 is 0 Å². The number of nitrogens with zero attached hydrogens (tertiary/aromatic N) is 1. The first-order valence-corrected chi connectivity index (χ1v) is 7.53. The third-order valence-corrected chi connectivity index (χ3v) is 3.15. The van der Waals surface area contributed by atoms with Gasteiger partial charge in [0.25, 0.3) is 5.91 Å². The number of nitrogens with one attached hydrogen (secondary N) is 2. The second kappa shape index (κ2) is 8.57. The summed E-state index contributed by atoms with van der Waals surface area (Å²) in [4.78, 5) is 17.2. The normalized spacial score (nSPS) is 15.4. The minimum atomic E-state index is -0.291. The maximum absolute atomic E-state index is 12.2. The summed E-state index contributed by atoms with van der Waals surface area (Å²) in [6.45, 7) is 7.56. The quantitative estimate of drug-likeness (QED) is 0.742. The largest absolute Gasteiger partial charge is 0.494 e. The standard InChI is InChI=1S/C15H23N3O4/c1-3-21-12-5-6-13(15(19)17-22-4-2)14(11-12)16-18-7-9-20-10-8-18/h5-6,11,16H,3-4,7-10H2,1-2H3,(H,17,19). The maximum Gasteiger partial charge on any atom is 0.276 e. The van der Waals surface area contributed by atoms with Crippen LogP contribution in [0.4, 0.5) is 5.69 Å². The Hall–Kier alpha value is -1.83. The first kappa shape index (κ1) is 16.5. The zero-order chi connectivity index (χ0) is 15.8. The first-order chi connectivity index (χ1) is 10.7. The highest BCUT2D eigenvalue weighted by Crippen LogP contribution is 2.23. The zero-order valence-corrected chi connectivity index (χ0v) is 13.1. The highest BCUT2D eigenvalue weighted by Gasteiger charge is 2.16. The number of hydrazine groups is 1. The molecule has 0 bridgehead atoms. The van der Waals surface area contributed by atoms with Crippen molar-refractivity contribution >= 4 is 11.6 Å². The summed E-state index contributed by atoms with van der Waals surface area (Å²) in [5.74, 6) is 0.423. The van der Waals surface area contributed by atoms with E-state index in [4.69, 9.17) is 14.3 Å². The van der Waals surface area contributed by atoms with Crippen LogP contribution in [0.15, 0.2) is 18.2 Å². The highest BCUT2D eigenvalue weighted by molar-refractivity contribution is 5.99. The smallest absolute Gasteiger partial charge is 0.276 e. The van der Waals surface area contributed by atoms with Crippen molar-refractivity contribution in [1.82, 2.24) is 10.5 Å². The summed E-state index contributed by atoms with van der Waals surface area (Å²) in [6, 6.07) is 5.32. The van der Waals surface area contributed by atoms with E-state index in [1.807, 2.05) is 24.9 Å². The van der Waals surface area contributed by atoms with E-state index >= 15 is 0 Å². The van der Waals surface area contributed by atoms with Gasteiger partial charge >= 0.3 is 0 Å². The summed E-state index contributed by atoms with van der Waals surface area (Å²) >= 11 is 0. The van der Waals surface area contributed by atoms with Crippen molar-refractivity contribution in [3.63, 3.8) is 0 Å². The number of carbonyl (C=O) groups excluding carboxylic acids is 1. The number of hydrogen-bond donors (Lipinski definition) is 2. The Morgan fingerprint density at radius 1 is 1.27 bits per heavy atom. The highest BCUT2D eigenvalue weighted by atomic mass is 16.6. The summed E-state index contributed by atoms with van der Waals surface area (Å²) in [5, 5.41) is 2.02. The molecule has 0 aromatic heterocycles. The molecule has 1 amide bonds. The van der Waals surface area contributed by atoms with E-state index in [-0.39, 0.29) is 5.91 Å². The van der Waals surface area contributed by atoms with Crippen LogP contribution in [0.5, 0.6) is 5.75 Å². The Kier molecular flexibility index (Phi) is 6.45. The van der Waals surface area contributed by atoms with E-state index in [1.54, 1.807) is 12.1 Å². The average Bonchev–Trinajstić information content (AvgIpc) is 2.54. The number of rotatable bonds is 7. The van der Waals surface area contributed by atoms with E-state index < -0.39 is 0 Å². The van der Waals surface area contributed by atoms with Gasteiger partial charge in [0.1, 0.15) is 5.75 Å². The Labute approximate surface area is 130 Å². The van der Waals surface area contributed by atoms with Crippen molar-refractivity contribution in [1.29, 1.82) is 0 Å². The van der Waals surface area contributed by atoms with E-state index in [2.05, 4.69) is 10.9 Å². The van der Waals surface area contributed by atoms with Crippen molar-refractivity contribution in [3.8, 4) is 5.75 Å². The van der Waals surface area contributed by atoms with Crippen molar-refractivity contribution < 1.29 is 19.1 Å². The van der Waals surface area contributed by atoms with E-state index in [9.17, 15) is 4.79 Å². The van der Waals surface area contributed by atoms with Crippen LogP contribution in [0.25, 0.3) is 0 Å². The second-order valence-corrected chi connectivity index (χ2v) is 4.72.